The Labute approximate surface area is 125 Å². The minimum atomic E-state index is -3.51. The Morgan fingerprint density at radius 1 is 1.29 bits per heavy atom. The van der Waals surface area contributed by atoms with Gasteiger partial charge in [0.05, 0.1) is 19.5 Å². The molecule has 7 nitrogen and oxygen atoms in total. The lowest BCUT2D eigenvalue weighted by Crippen LogP contribution is -2.66. The number of sulfonamides is 1. The average molecular weight is 314 g/mol. The first-order valence-electron chi connectivity index (χ1n) is 7.23. The van der Waals surface area contributed by atoms with Crippen LogP contribution < -0.4 is 0 Å². The normalized spacial score (nSPS) is 28.2. The van der Waals surface area contributed by atoms with Crippen LogP contribution in [0.4, 0.5) is 0 Å². The number of aromatic nitrogens is 2. The van der Waals surface area contributed by atoms with E-state index in [2.05, 4.69) is 23.7 Å². The van der Waals surface area contributed by atoms with E-state index in [0.717, 1.165) is 0 Å². The SMILES string of the molecule is CC(C)N1[C@H]2COC[C@H]1CN(S(=O)(=O)c1cn(C)cn1)C2. The van der Waals surface area contributed by atoms with Crippen LogP contribution in [0.3, 0.4) is 0 Å². The molecule has 0 aliphatic carbocycles. The van der Waals surface area contributed by atoms with Crippen LogP contribution in [-0.4, -0.2) is 71.6 Å². The van der Waals surface area contributed by atoms with Gasteiger partial charge in [-0.05, 0) is 13.8 Å². The van der Waals surface area contributed by atoms with Gasteiger partial charge in [0, 0.05) is 44.5 Å². The van der Waals surface area contributed by atoms with E-state index in [1.807, 2.05) is 0 Å². The summed E-state index contributed by atoms with van der Waals surface area (Å²) in [6.07, 6.45) is 3.07. The van der Waals surface area contributed by atoms with Gasteiger partial charge in [0.1, 0.15) is 0 Å². The molecule has 2 fully saturated rings. The summed E-state index contributed by atoms with van der Waals surface area (Å²) in [7, 11) is -1.74. The first-order chi connectivity index (χ1) is 9.89. The minimum absolute atomic E-state index is 0.121. The highest BCUT2D eigenvalue weighted by molar-refractivity contribution is 7.89. The molecule has 3 heterocycles. The lowest BCUT2D eigenvalue weighted by atomic mass is 10.0. The molecule has 21 heavy (non-hydrogen) atoms. The van der Waals surface area contributed by atoms with Crippen LogP contribution in [-0.2, 0) is 21.8 Å². The molecule has 2 bridgehead atoms. The number of ether oxygens (including phenoxy) is 1. The van der Waals surface area contributed by atoms with Gasteiger partial charge < -0.3 is 9.30 Å². The van der Waals surface area contributed by atoms with E-state index in [1.54, 1.807) is 22.1 Å². The van der Waals surface area contributed by atoms with Crippen LogP contribution >= 0.6 is 0 Å². The summed E-state index contributed by atoms with van der Waals surface area (Å²) in [6, 6.07) is 0.635. The molecule has 0 aromatic carbocycles. The van der Waals surface area contributed by atoms with Crippen molar-refractivity contribution >= 4 is 10.0 Å². The molecule has 0 N–H and O–H groups in total. The van der Waals surface area contributed by atoms with Crippen LogP contribution in [0.25, 0.3) is 0 Å². The Morgan fingerprint density at radius 2 is 1.90 bits per heavy atom. The Hall–Kier alpha value is -0.960. The zero-order valence-electron chi connectivity index (χ0n) is 12.6. The van der Waals surface area contributed by atoms with E-state index >= 15 is 0 Å². The molecule has 118 valence electrons. The van der Waals surface area contributed by atoms with Gasteiger partial charge in [-0.1, -0.05) is 0 Å². The second-order valence-corrected chi connectivity index (χ2v) is 7.97. The molecule has 2 atom stereocenters. The fourth-order valence-corrected chi connectivity index (χ4v) is 4.82. The first-order valence-corrected chi connectivity index (χ1v) is 8.67. The third kappa shape index (κ3) is 2.61. The minimum Gasteiger partial charge on any atom is -0.378 e. The molecule has 0 saturated carbocycles. The Balaban J connectivity index is 1.86. The van der Waals surface area contributed by atoms with Crippen molar-refractivity contribution in [3.63, 3.8) is 0 Å². The van der Waals surface area contributed by atoms with Crippen molar-refractivity contribution in [1.82, 2.24) is 18.8 Å². The summed E-state index contributed by atoms with van der Waals surface area (Å²) in [5, 5.41) is 0.127. The predicted octanol–water partition coefficient (Wildman–Crippen LogP) is -0.0978. The third-order valence-electron chi connectivity index (χ3n) is 4.17. The van der Waals surface area contributed by atoms with Crippen molar-refractivity contribution in [2.45, 2.75) is 37.0 Å². The zero-order valence-corrected chi connectivity index (χ0v) is 13.5. The Bertz CT molecular complexity index is 599. The van der Waals surface area contributed by atoms with Crippen LogP contribution in [0.1, 0.15) is 13.8 Å². The maximum Gasteiger partial charge on any atom is 0.262 e. The second-order valence-electron chi connectivity index (χ2n) is 6.09. The van der Waals surface area contributed by atoms with Gasteiger partial charge in [0.25, 0.3) is 10.0 Å². The summed E-state index contributed by atoms with van der Waals surface area (Å²) in [5.74, 6) is 0. The molecular formula is C13H22N4O3S. The van der Waals surface area contributed by atoms with Crippen LogP contribution in [0.15, 0.2) is 17.6 Å². The number of hydrogen-bond acceptors (Lipinski definition) is 5. The molecule has 2 aliphatic heterocycles. The highest BCUT2D eigenvalue weighted by Crippen LogP contribution is 2.27. The smallest absolute Gasteiger partial charge is 0.262 e. The molecule has 3 rings (SSSR count). The number of rotatable bonds is 3. The van der Waals surface area contributed by atoms with Crippen molar-refractivity contribution < 1.29 is 13.2 Å². The van der Waals surface area contributed by atoms with Crippen LogP contribution in [0.5, 0.6) is 0 Å². The molecule has 0 unspecified atom stereocenters. The van der Waals surface area contributed by atoms with E-state index in [-0.39, 0.29) is 17.1 Å². The molecule has 2 saturated heterocycles. The lowest BCUT2D eigenvalue weighted by molar-refractivity contribution is -0.0951. The summed E-state index contributed by atoms with van der Waals surface area (Å²) in [4.78, 5) is 6.38. The fourth-order valence-electron chi connectivity index (χ4n) is 3.34. The summed E-state index contributed by atoms with van der Waals surface area (Å²) in [6.45, 7) is 6.40. The monoisotopic (exact) mass is 314 g/mol. The number of imidazole rings is 1. The van der Waals surface area contributed by atoms with E-state index < -0.39 is 10.0 Å². The third-order valence-corrected chi connectivity index (χ3v) is 5.89. The summed E-state index contributed by atoms with van der Waals surface area (Å²) in [5.41, 5.74) is 0. The summed E-state index contributed by atoms with van der Waals surface area (Å²) < 4.78 is 34.2. The van der Waals surface area contributed by atoms with Gasteiger partial charge in [-0.2, -0.15) is 4.31 Å². The lowest BCUT2D eigenvalue weighted by Gasteiger charge is -2.50. The molecule has 2 aliphatic rings. The van der Waals surface area contributed by atoms with E-state index in [0.29, 0.717) is 32.3 Å². The molecular weight excluding hydrogens is 292 g/mol. The molecule has 1 aromatic heterocycles. The van der Waals surface area contributed by atoms with Crippen LogP contribution in [0, 0.1) is 0 Å². The number of fused-ring (bicyclic) bond motifs is 2. The summed E-state index contributed by atoms with van der Waals surface area (Å²) >= 11 is 0. The predicted molar refractivity (Wildman–Crippen MR) is 77.3 cm³/mol. The average Bonchev–Trinajstić information content (AvgIpc) is 2.84. The van der Waals surface area contributed by atoms with Crippen molar-refractivity contribution in [1.29, 1.82) is 0 Å². The number of nitrogens with zero attached hydrogens (tertiary/aromatic N) is 4. The maximum atomic E-state index is 12.7. The standard InChI is InChI=1S/C13H22N4O3S/c1-10(2)17-11-4-16(5-12(17)8-20-7-11)21(18,19)13-6-15(3)9-14-13/h6,9-12H,4-5,7-8H2,1-3H3/t11-,12-/m1/s1. The molecule has 0 radical (unpaired) electrons. The van der Waals surface area contributed by atoms with E-state index in [1.165, 1.54) is 6.33 Å². The van der Waals surface area contributed by atoms with Gasteiger partial charge >= 0.3 is 0 Å². The molecule has 0 spiro atoms. The Morgan fingerprint density at radius 3 is 2.38 bits per heavy atom. The van der Waals surface area contributed by atoms with E-state index in [4.69, 9.17) is 4.74 Å². The van der Waals surface area contributed by atoms with E-state index in [9.17, 15) is 8.42 Å². The molecule has 1 aromatic rings. The van der Waals surface area contributed by atoms with Gasteiger partial charge in [0.15, 0.2) is 5.03 Å². The van der Waals surface area contributed by atoms with Crippen molar-refractivity contribution in [2.24, 2.45) is 7.05 Å². The highest BCUT2D eigenvalue weighted by Gasteiger charge is 2.43. The Kier molecular flexibility index (Phi) is 3.81. The topological polar surface area (TPSA) is 67.7 Å². The van der Waals surface area contributed by atoms with Gasteiger partial charge in [-0.25, -0.2) is 13.4 Å². The number of hydrogen-bond donors (Lipinski definition) is 0. The highest BCUT2D eigenvalue weighted by atomic mass is 32.2. The van der Waals surface area contributed by atoms with Gasteiger partial charge in [0.2, 0.25) is 0 Å². The fraction of sp³-hybridized carbons (Fsp3) is 0.769. The maximum absolute atomic E-state index is 12.7. The number of aryl methyl sites for hydroxylation is 1. The van der Waals surface area contributed by atoms with Gasteiger partial charge in [-0.3, -0.25) is 4.90 Å². The van der Waals surface area contributed by atoms with Crippen molar-refractivity contribution in [2.75, 3.05) is 26.3 Å². The van der Waals surface area contributed by atoms with Gasteiger partial charge in [-0.15, -0.1) is 0 Å². The second kappa shape index (κ2) is 5.35. The van der Waals surface area contributed by atoms with Crippen molar-refractivity contribution in [3.05, 3.63) is 12.5 Å². The largest absolute Gasteiger partial charge is 0.378 e. The molecule has 0 amide bonds. The quantitative estimate of drug-likeness (QED) is 0.779. The van der Waals surface area contributed by atoms with Crippen molar-refractivity contribution in [3.8, 4) is 0 Å². The molecule has 8 heteroatoms. The zero-order chi connectivity index (χ0) is 15.2. The number of piperazine rings is 1. The number of morpholine rings is 1. The first kappa shape index (κ1) is 15.0. The van der Waals surface area contributed by atoms with Crippen LogP contribution in [0.2, 0.25) is 0 Å².